The lowest BCUT2D eigenvalue weighted by molar-refractivity contribution is -0.123. The summed E-state index contributed by atoms with van der Waals surface area (Å²) in [5, 5.41) is 7.56. The van der Waals surface area contributed by atoms with Crippen molar-refractivity contribution in [2.24, 2.45) is 5.14 Å². The van der Waals surface area contributed by atoms with Crippen molar-refractivity contribution in [3.05, 3.63) is 59.7 Å². The van der Waals surface area contributed by atoms with Crippen LogP contribution < -0.4 is 10.5 Å². The minimum Gasteiger partial charge on any atom is -0.449 e. The Morgan fingerprint density at radius 2 is 1.65 bits per heavy atom. The normalized spacial score (nSPS) is 12.3. The summed E-state index contributed by atoms with van der Waals surface area (Å²) in [4.78, 5) is 24.1. The van der Waals surface area contributed by atoms with E-state index in [9.17, 15) is 18.0 Å². The second kappa shape index (κ2) is 8.11. The molecule has 0 saturated carbocycles. The lowest BCUT2D eigenvalue weighted by atomic mass is 10.1. The number of esters is 1. The van der Waals surface area contributed by atoms with E-state index in [1.807, 2.05) is 19.1 Å². The number of benzene rings is 2. The number of nitrogens with two attached hydrogens (primary N) is 1. The molecule has 0 aromatic heterocycles. The monoisotopic (exact) mass is 376 g/mol. The highest BCUT2D eigenvalue weighted by Gasteiger charge is 2.19. The summed E-state index contributed by atoms with van der Waals surface area (Å²) in [7, 11) is -3.80. The van der Waals surface area contributed by atoms with E-state index in [4.69, 9.17) is 9.88 Å². The number of hydrogen-bond acceptors (Lipinski definition) is 5. The van der Waals surface area contributed by atoms with Crippen molar-refractivity contribution < 1.29 is 22.7 Å². The number of amides is 1. The molecule has 1 amide bonds. The number of aryl methyl sites for hydroxylation is 1. The number of hydrogen-bond donors (Lipinski definition) is 2. The average Bonchev–Trinajstić information content (AvgIpc) is 2.61. The molecule has 1 atom stereocenters. The molecule has 0 fully saturated rings. The zero-order valence-corrected chi connectivity index (χ0v) is 15.2. The fraction of sp³-hybridized carbons (Fsp3) is 0.222. The van der Waals surface area contributed by atoms with Crippen LogP contribution in [0.1, 0.15) is 29.8 Å². The molecule has 2 rings (SSSR count). The van der Waals surface area contributed by atoms with E-state index in [1.54, 1.807) is 12.1 Å². The number of nitrogens with one attached hydrogen (secondary N) is 1. The molecule has 0 radical (unpaired) electrons. The highest BCUT2D eigenvalue weighted by molar-refractivity contribution is 7.89. The van der Waals surface area contributed by atoms with Crippen LogP contribution in [0.3, 0.4) is 0 Å². The van der Waals surface area contributed by atoms with Gasteiger partial charge in [0.15, 0.2) is 6.10 Å². The maximum Gasteiger partial charge on any atom is 0.338 e. The maximum absolute atomic E-state index is 12.1. The van der Waals surface area contributed by atoms with Gasteiger partial charge in [-0.2, -0.15) is 0 Å². The molecule has 26 heavy (non-hydrogen) atoms. The fourth-order valence-electron chi connectivity index (χ4n) is 2.13. The van der Waals surface area contributed by atoms with Crippen molar-refractivity contribution in [1.29, 1.82) is 0 Å². The Bertz CT molecular complexity index is 890. The van der Waals surface area contributed by atoms with Crippen LogP contribution in [0.2, 0.25) is 0 Å². The van der Waals surface area contributed by atoms with Gasteiger partial charge in [0.2, 0.25) is 10.0 Å². The zero-order chi connectivity index (χ0) is 19.3. The number of primary sulfonamides is 1. The Labute approximate surface area is 152 Å². The lowest BCUT2D eigenvalue weighted by Crippen LogP contribution is -2.30. The predicted molar refractivity (Wildman–Crippen MR) is 97.1 cm³/mol. The van der Waals surface area contributed by atoms with Gasteiger partial charge in [0.1, 0.15) is 0 Å². The summed E-state index contributed by atoms with van der Waals surface area (Å²) in [5.74, 6) is -1.13. The molecule has 2 aromatic rings. The molecule has 7 nitrogen and oxygen atoms in total. The van der Waals surface area contributed by atoms with Gasteiger partial charge in [-0.15, -0.1) is 0 Å². The predicted octanol–water partition coefficient (Wildman–Crippen LogP) is 2.08. The molecule has 1 unspecified atom stereocenters. The molecule has 0 bridgehead atoms. The van der Waals surface area contributed by atoms with E-state index in [-0.39, 0.29) is 4.90 Å². The molecule has 3 N–H and O–H groups in total. The van der Waals surface area contributed by atoms with Crippen LogP contribution in [-0.2, 0) is 26.0 Å². The molecule has 0 saturated heterocycles. The molecular formula is C18H20N2O5S. The summed E-state index contributed by atoms with van der Waals surface area (Å²) in [6.45, 7) is 3.46. The van der Waals surface area contributed by atoms with Gasteiger partial charge in [-0.25, -0.2) is 18.4 Å². The number of anilines is 1. The molecule has 2 aromatic carbocycles. The minimum absolute atomic E-state index is 0.0644. The number of ether oxygens (including phenoxy) is 1. The first-order chi connectivity index (χ1) is 12.2. The standard InChI is InChI=1S/C18H20N2O5S/c1-3-13-4-6-14(7-5-13)18(22)25-12(2)17(21)20-15-8-10-16(11-9-15)26(19,23)24/h4-12H,3H2,1-2H3,(H,20,21)(H2,19,23,24). The maximum atomic E-state index is 12.1. The Morgan fingerprint density at radius 1 is 1.08 bits per heavy atom. The summed E-state index contributed by atoms with van der Waals surface area (Å²) in [5.41, 5.74) is 1.81. The molecule has 0 spiro atoms. The average molecular weight is 376 g/mol. The molecule has 8 heteroatoms. The summed E-state index contributed by atoms with van der Waals surface area (Å²) >= 11 is 0. The van der Waals surface area contributed by atoms with Crippen LogP contribution in [0, 0.1) is 0 Å². The first kappa shape index (κ1) is 19.6. The molecule has 0 aliphatic rings. The minimum atomic E-state index is -3.80. The topological polar surface area (TPSA) is 116 Å². The molecule has 0 heterocycles. The third-order valence-corrected chi connectivity index (χ3v) is 4.63. The van der Waals surface area contributed by atoms with Gasteiger partial charge in [-0.05, 0) is 55.3 Å². The largest absolute Gasteiger partial charge is 0.449 e. The zero-order valence-electron chi connectivity index (χ0n) is 14.4. The van der Waals surface area contributed by atoms with E-state index in [0.29, 0.717) is 11.3 Å². The summed E-state index contributed by atoms with van der Waals surface area (Å²) < 4.78 is 27.6. The van der Waals surface area contributed by atoms with Crippen molar-refractivity contribution >= 4 is 27.6 Å². The first-order valence-electron chi connectivity index (χ1n) is 7.94. The van der Waals surface area contributed by atoms with E-state index in [0.717, 1.165) is 12.0 Å². The van der Waals surface area contributed by atoms with E-state index >= 15 is 0 Å². The van der Waals surface area contributed by atoms with Crippen molar-refractivity contribution in [2.45, 2.75) is 31.3 Å². The highest BCUT2D eigenvalue weighted by Crippen LogP contribution is 2.14. The van der Waals surface area contributed by atoms with Crippen LogP contribution in [-0.4, -0.2) is 26.4 Å². The Balaban J connectivity index is 1.97. The fourth-order valence-corrected chi connectivity index (χ4v) is 2.65. The Morgan fingerprint density at radius 3 is 2.15 bits per heavy atom. The third kappa shape index (κ3) is 5.14. The van der Waals surface area contributed by atoms with Gasteiger partial charge >= 0.3 is 5.97 Å². The Hall–Kier alpha value is -2.71. The van der Waals surface area contributed by atoms with Crippen molar-refractivity contribution in [3.63, 3.8) is 0 Å². The number of carbonyl (C=O) groups is 2. The van der Waals surface area contributed by atoms with Gasteiger partial charge in [-0.3, -0.25) is 4.79 Å². The molecule has 0 aliphatic heterocycles. The molecular weight excluding hydrogens is 356 g/mol. The SMILES string of the molecule is CCc1ccc(C(=O)OC(C)C(=O)Nc2ccc(S(N)(=O)=O)cc2)cc1. The van der Waals surface area contributed by atoms with Crippen molar-refractivity contribution in [1.82, 2.24) is 0 Å². The number of sulfonamides is 1. The van der Waals surface area contributed by atoms with Gasteiger partial charge < -0.3 is 10.1 Å². The summed E-state index contributed by atoms with van der Waals surface area (Å²) in [6.07, 6.45) is -0.162. The highest BCUT2D eigenvalue weighted by atomic mass is 32.2. The van der Waals surface area contributed by atoms with Crippen LogP contribution >= 0.6 is 0 Å². The smallest absolute Gasteiger partial charge is 0.338 e. The van der Waals surface area contributed by atoms with Crippen molar-refractivity contribution in [3.8, 4) is 0 Å². The van der Waals surface area contributed by atoms with Gasteiger partial charge in [-0.1, -0.05) is 19.1 Å². The number of rotatable bonds is 6. The lowest BCUT2D eigenvalue weighted by Gasteiger charge is -2.14. The van der Waals surface area contributed by atoms with Crippen LogP contribution in [0.25, 0.3) is 0 Å². The van der Waals surface area contributed by atoms with Crippen LogP contribution in [0.4, 0.5) is 5.69 Å². The van der Waals surface area contributed by atoms with Crippen LogP contribution in [0.5, 0.6) is 0 Å². The second-order valence-corrected chi connectivity index (χ2v) is 7.22. The quantitative estimate of drug-likeness (QED) is 0.749. The van der Waals surface area contributed by atoms with E-state index in [2.05, 4.69) is 5.32 Å². The third-order valence-electron chi connectivity index (χ3n) is 3.70. The molecule has 138 valence electrons. The van der Waals surface area contributed by atoms with E-state index in [1.165, 1.54) is 31.2 Å². The van der Waals surface area contributed by atoms with Crippen molar-refractivity contribution in [2.75, 3.05) is 5.32 Å². The van der Waals surface area contributed by atoms with E-state index < -0.39 is 28.0 Å². The summed E-state index contributed by atoms with van der Waals surface area (Å²) in [6, 6.07) is 12.3. The molecule has 0 aliphatic carbocycles. The van der Waals surface area contributed by atoms with Crippen LogP contribution in [0.15, 0.2) is 53.4 Å². The Kier molecular flexibility index (Phi) is 6.12. The first-order valence-corrected chi connectivity index (χ1v) is 9.49. The van der Waals surface area contributed by atoms with Gasteiger partial charge in [0.25, 0.3) is 5.91 Å². The second-order valence-electron chi connectivity index (χ2n) is 5.66. The number of carbonyl (C=O) groups excluding carboxylic acids is 2. The van der Waals surface area contributed by atoms with Gasteiger partial charge in [0, 0.05) is 5.69 Å². The van der Waals surface area contributed by atoms with Gasteiger partial charge in [0.05, 0.1) is 10.5 Å².